The number of nitrogens with two attached hydrogens (primary N) is 1. The molecule has 2 amide bonds. The number of nitrogens with zero attached hydrogens (tertiary/aromatic N) is 2. The lowest BCUT2D eigenvalue weighted by molar-refractivity contribution is -0.145. The predicted octanol–water partition coefficient (Wildman–Crippen LogP) is -0.496. The normalized spacial score (nSPS) is 9.71. The summed E-state index contributed by atoms with van der Waals surface area (Å²) in [6.07, 6.45) is 0. The van der Waals surface area contributed by atoms with Crippen LogP contribution in [0.15, 0.2) is 10.9 Å². The van der Waals surface area contributed by atoms with Gasteiger partial charge in [-0.05, 0) is 0 Å². The van der Waals surface area contributed by atoms with Crippen molar-refractivity contribution in [1.82, 2.24) is 15.2 Å². The van der Waals surface area contributed by atoms with Gasteiger partial charge in [0, 0.05) is 12.4 Å². The average molecular weight is 272 g/mol. The SMILES string of the molecule is CN(Cc1cscn1)C(=O)C(=O)NCC(N)=S. The molecule has 0 bridgehead atoms. The van der Waals surface area contributed by atoms with Gasteiger partial charge >= 0.3 is 11.8 Å². The lowest BCUT2D eigenvalue weighted by Crippen LogP contribution is -2.43. The maximum Gasteiger partial charge on any atom is 0.311 e. The smallest absolute Gasteiger partial charge is 0.311 e. The molecule has 1 aromatic rings. The minimum atomic E-state index is -0.726. The number of aromatic nitrogens is 1. The molecule has 0 radical (unpaired) electrons. The van der Waals surface area contributed by atoms with Crippen LogP contribution in [0.5, 0.6) is 0 Å². The largest absolute Gasteiger partial charge is 0.392 e. The van der Waals surface area contributed by atoms with Crippen LogP contribution in [-0.4, -0.2) is 40.3 Å². The van der Waals surface area contributed by atoms with Crippen molar-refractivity contribution >= 4 is 40.4 Å². The molecule has 0 aliphatic rings. The highest BCUT2D eigenvalue weighted by molar-refractivity contribution is 7.80. The van der Waals surface area contributed by atoms with Gasteiger partial charge in [-0.2, -0.15) is 0 Å². The highest BCUT2D eigenvalue weighted by atomic mass is 32.1. The van der Waals surface area contributed by atoms with Gasteiger partial charge in [0.15, 0.2) is 0 Å². The summed E-state index contributed by atoms with van der Waals surface area (Å²) in [4.78, 5) is 28.4. The Morgan fingerprint density at radius 3 is 2.88 bits per heavy atom. The Hall–Kier alpha value is -1.54. The Bertz CT molecular complexity index is 419. The van der Waals surface area contributed by atoms with Gasteiger partial charge in [-0.25, -0.2) is 4.98 Å². The lowest BCUT2D eigenvalue weighted by Gasteiger charge is -2.15. The number of amides is 2. The number of carbonyl (C=O) groups excluding carboxylic acids is 2. The summed E-state index contributed by atoms with van der Waals surface area (Å²) in [7, 11) is 1.53. The Balaban J connectivity index is 2.46. The fourth-order valence-corrected chi connectivity index (χ4v) is 1.67. The molecule has 6 nitrogen and oxygen atoms in total. The number of thiazole rings is 1. The van der Waals surface area contributed by atoms with Crippen LogP contribution in [0, 0.1) is 0 Å². The van der Waals surface area contributed by atoms with Crippen LogP contribution in [-0.2, 0) is 16.1 Å². The molecule has 0 aliphatic heterocycles. The van der Waals surface area contributed by atoms with Crippen molar-refractivity contribution in [2.24, 2.45) is 5.73 Å². The van der Waals surface area contributed by atoms with Gasteiger partial charge in [-0.15, -0.1) is 11.3 Å². The fraction of sp³-hybridized carbons (Fsp3) is 0.333. The molecule has 0 unspecified atom stereocenters. The molecule has 1 aromatic heterocycles. The van der Waals surface area contributed by atoms with Gasteiger partial charge in [0.1, 0.15) is 0 Å². The summed E-state index contributed by atoms with van der Waals surface area (Å²) in [6, 6.07) is 0. The molecule has 1 heterocycles. The van der Waals surface area contributed by atoms with Gasteiger partial charge in [-0.3, -0.25) is 9.59 Å². The van der Waals surface area contributed by atoms with Crippen molar-refractivity contribution in [3.8, 4) is 0 Å². The maximum atomic E-state index is 11.6. The van der Waals surface area contributed by atoms with E-state index in [0.717, 1.165) is 5.69 Å². The van der Waals surface area contributed by atoms with E-state index in [1.807, 2.05) is 5.38 Å². The van der Waals surface area contributed by atoms with Crippen molar-refractivity contribution in [2.45, 2.75) is 6.54 Å². The van der Waals surface area contributed by atoms with E-state index in [1.165, 1.54) is 23.3 Å². The molecule has 1 rings (SSSR count). The van der Waals surface area contributed by atoms with Crippen LogP contribution in [0.1, 0.15) is 5.69 Å². The first-order valence-electron chi connectivity index (χ1n) is 4.69. The van der Waals surface area contributed by atoms with Crippen molar-refractivity contribution < 1.29 is 9.59 Å². The summed E-state index contributed by atoms with van der Waals surface area (Å²) < 4.78 is 0. The number of hydrogen-bond donors (Lipinski definition) is 2. The predicted molar refractivity (Wildman–Crippen MR) is 68.4 cm³/mol. The Kier molecular flexibility index (Phi) is 4.98. The topological polar surface area (TPSA) is 88.3 Å². The Labute approximate surface area is 108 Å². The summed E-state index contributed by atoms with van der Waals surface area (Å²) >= 11 is 6.02. The second kappa shape index (κ2) is 6.26. The number of thiocarbonyl (C=S) groups is 1. The molecule has 3 N–H and O–H groups in total. The van der Waals surface area contributed by atoms with Gasteiger partial charge in [-0.1, -0.05) is 12.2 Å². The zero-order valence-electron chi connectivity index (χ0n) is 9.17. The number of rotatable bonds is 4. The number of likely N-dealkylation sites (N-methyl/N-ethyl adjacent to an activating group) is 1. The molecule has 17 heavy (non-hydrogen) atoms. The fourth-order valence-electron chi connectivity index (χ4n) is 1.05. The monoisotopic (exact) mass is 272 g/mol. The Morgan fingerprint density at radius 1 is 1.65 bits per heavy atom. The van der Waals surface area contributed by atoms with Crippen LogP contribution in [0.4, 0.5) is 0 Å². The second-order valence-electron chi connectivity index (χ2n) is 3.29. The maximum absolute atomic E-state index is 11.6. The second-order valence-corrected chi connectivity index (χ2v) is 4.53. The molecule has 0 saturated carbocycles. The third-order valence-electron chi connectivity index (χ3n) is 1.85. The van der Waals surface area contributed by atoms with Crippen LogP contribution in [0.25, 0.3) is 0 Å². The van der Waals surface area contributed by atoms with Crippen LogP contribution in [0.2, 0.25) is 0 Å². The third kappa shape index (κ3) is 4.45. The van der Waals surface area contributed by atoms with Gasteiger partial charge in [0.25, 0.3) is 0 Å². The van der Waals surface area contributed by atoms with E-state index in [9.17, 15) is 9.59 Å². The minimum absolute atomic E-state index is 0.0183. The molecule has 0 saturated heterocycles. The number of carbonyl (C=O) groups is 2. The van der Waals surface area contributed by atoms with E-state index in [4.69, 9.17) is 5.73 Å². The molecule has 0 spiro atoms. The molecule has 0 aliphatic carbocycles. The molecular formula is C9H12N4O2S2. The van der Waals surface area contributed by atoms with Gasteiger partial charge < -0.3 is 16.0 Å². The zero-order valence-corrected chi connectivity index (χ0v) is 10.8. The van der Waals surface area contributed by atoms with Crippen molar-refractivity contribution in [3.63, 3.8) is 0 Å². The summed E-state index contributed by atoms with van der Waals surface area (Å²) in [5.74, 6) is -1.37. The molecule has 0 atom stereocenters. The summed E-state index contributed by atoms with van der Waals surface area (Å²) in [5.41, 5.74) is 7.62. The number of nitrogens with one attached hydrogen (secondary N) is 1. The van der Waals surface area contributed by atoms with Gasteiger partial charge in [0.2, 0.25) is 0 Å². The first-order chi connectivity index (χ1) is 8.00. The van der Waals surface area contributed by atoms with Crippen LogP contribution >= 0.6 is 23.6 Å². The highest BCUT2D eigenvalue weighted by Gasteiger charge is 2.18. The molecule has 0 aromatic carbocycles. The highest BCUT2D eigenvalue weighted by Crippen LogP contribution is 2.03. The summed E-state index contributed by atoms with van der Waals surface area (Å²) in [5, 5.41) is 4.14. The van der Waals surface area contributed by atoms with Crippen molar-refractivity contribution in [1.29, 1.82) is 0 Å². The minimum Gasteiger partial charge on any atom is -0.392 e. The van der Waals surface area contributed by atoms with E-state index in [2.05, 4.69) is 22.5 Å². The number of hydrogen-bond acceptors (Lipinski definition) is 5. The van der Waals surface area contributed by atoms with E-state index < -0.39 is 11.8 Å². The molecule has 0 fully saturated rings. The van der Waals surface area contributed by atoms with Gasteiger partial charge in [0.05, 0.1) is 29.3 Å². The van der Waals surface area contributed by atoms with E-state index in [-0.39, 0.29) is 11.5 Å². The van der Waals surface area contributed by atoms with E-state index >= 15 is 0 Å². The van der Waals surface area contributed by atoms with Crippen molar-refractivity contribution in [2.75, 3.05) is 13.6 Å². The first kappa shape index (κ1) is 13.5. The third-order valence-corrected chi connectivity index (χ3v) is 2.63. The van der Waals surface area contributed by atoms with Crippen molar-refractivity contribution in [3.05, 3.63) is 16.6 Å². The zero-order chi connectivity index (χ0) is 12.8. The molecular weight excluding hydrogens is 260 g/mol. The van der Waals surface area contributed by atoms with E-state index in [0.29, 0.717) is 6.54 Å². The summed E-state index contributed by atoms with van der Waals surface area (Å²) in [6.45, 7) is 0.313. The van der Waals surface area contributed by atoms with Crippen LogP contribution in [0.3, 0.4) is 0 Å². The average Bonchev–Trinajstić information content (AvgIpc) is 2.77. The van der Waals surface area contributed by atoms with E-state index in [1.54, 1.807) is 5.51 Å². The van der Waals surface area contributed by atoms with Crippen LogP contribution < -0.4 is 11.1 Å². The Morgan fingerprint density at radius 2 is 2.35 bits per heavy atom. The first-order valence-corrected chi connectivity index (χ1v) is 6.04. The lowest BCUT2D eigenvalue weighted by atomic mass is 10.4. The molecule has 92 valence electrons. The quantitative estimate of drug-likeness (QED) is 0.570. The standard InChI is InChI=1S/C9H12N4O2S2/c1-13(3-6-4-17-5-12-6)9(15)8(14)11-2-7(10)16/h4-5H,2-3H2,1H3,(H2,10,16)(H,11,14). The molecule has 8 heteroatoms.